The molecule has 1 aliphatic rings. The second-order valence-electron chi connectivity index (χ2n) is 5.50. The standard InChI is InChI=1S/C18H19ClN2O2/c19-15-3-1-14(2-4-15)13-18(22)20-16-5-7-17(8-6-16)21-9-11-23-12-10-21/h1-8H,9-13H2,(H,20,22). The summed E-state index contributed by atoms with van der Waals surface area (Å²) in [6, 6.07) is 15.2. The summed E-state index contributed by atoms with van der Waals surface area (Å²) in [7, 11) is 0. The van der Waals surface area contributed by atoms with Crippen LogP contribution >= 0.6 is 11.6 Å². The molecule has 0 saturated carbocycles. The van der Waals surface area contributed by atoms with E-state index in [-0.39, 0.29) is 5.91 Å². The Labute approximate surface area is 141 Å². The normalized spacial score (nSPS) is 14.6. The van der Waals surface area contributed by atoms with E-state index in [1.165, 1.54) is 0 Å². The summed E-state index contributed by atoms with van der Waals surface area (Å²) in [5.74, 6) is -0.0357. The van der Waals surface area contributed by atoms with Gasteiger partial charge in [0.25, 0.3) is 0 Å². The minimum atomic E-state index is -0.0357. The van der Waals surface area contributed by atoms with Crippen molar-refractivity contribution < 1.29 is 9.53 Å². The van der Waals surface area contributed by atoms with Crippen molar-refractivity contribution in [3.05, 3.63) is 59.1 Å². The zero-order valence-corrected chi connectivity index (χ0v) is 13.6. The quantitative estimate of drug-likeness (QED) is 0.934. The fraction of sp³-hybridized carbons (Fsp3) is 0.278. The molecule has 1 heterocycles. The van der Waals surface area contributed by atoms with Crippen LogP contribution in [0.5, 0.6) is 0 Å². The summed E-state index contributed by atoms with van der Waals surface area (Å²) in [4.78, 5) is 14.4. The molecule has 4 nitrogen and oxygen atoms in total. The van der Waals surface area contributed by atoms with Gasteiger partial charge in [0.15, 0.2) is 0 Å². The second-order valence-corrected chi connectivity index (χ2v) is 5.93. The molecule has 120 valence electrons. The highest BCUT2D eigenvalue weighted by molar-refractivity contribution is 6.30. The highest BCUT2D eigenvalue weighted by Crippen LogP contribution is 2.19. The van der Waals surface area contributed by atoms with Gasteiger partial charge in [-0.1, -0.05) is 23.7 Å². The largest absolute Gasteiger partial charge is 0.378 e. The zero-order valence-electron chi connectivity index (χ0n) is 12.8. The van der Waals surface area contributed by atoms with E-state index in [9.17, 15) is 4.79 Å². The van der Waals surface area contributed by atoms with E-state index in [2.05, 4.69) is 10.2 Å². The molecule has 0 atom stereocenters. The summed E-state index contributed by atoms with van der Waals surface area (Å²) in [5, 5.41) is 3.59. The Kier molecular flexibility index (Phi) is 5.16. The van der Waals surface area contributed by atoms with Gasteiger partial charge in [-0.05, 0) is 42.0 Å². The van der Waals surface area contributed by atoms with Gasteiger partial charge >= 0.3 is 0 Å². The molecule has 0 radical (unpaired) electrons. The number of rotatable bonds is 4. The number of carbonyl (C=O) groups excluding carboxylic acids is 1. The maximum absolute atomic E-state index is 12.1. The van der Waals surface area contributed by atoms with E-state index in [0.29, 0.717) is 11.4 Å². The second kappa shape index (κ2) is 7.49. The number of hydrogen-bond donors (Lipinski definition) is 1. The third kappa shape index (κ3) is 4.47. The third-order valence-corrected chi connectivity index (χ3v) is 4.06. The Hall–Kier alpha value is -2.04. The van der Waals surface area contributed by atoms with Crippen molar-refractivity contribution in [2.45, 2.75) is 6.42 Å². The lowest BCUT2D eigenvalue weighted by molar-refractivity contribution is -0.115. The van der Waals surface area contributed by atoms with Crippen LogP contribution in [0, 0.1) is 0 Å². The Bertz CT molecular complexity index is 650. The SMILES string of the molecule is O=C(Cc1ccc(Cl)cc1)Nc1ccc(N2CCOCC2)cc1. The van der Waals surface area contributed by atoms with Gasteiger partial charge in [-0.25, -0.2) is 0 Å². The molecule has 1 fully saturated rings. The van der Waals surface area contributed by atoms with Crippen molar-refractivity contribution in [3.8, 4) is 0 Å². The van der Waals surface area contributed by atoms with Crippen LogP contribution in [0.1, 0.15) is 5.56 Å². The van der Waals surface area contributed by atoms with Gasteiger partial charge in [0.1, 0.15) is 0 Å². The summed E-state index contributed by atoms with van der Waals surface area (Å²) < 4.78 is 5.35. The average molecular weight is 331 g/mol. The Morgan fingerprint density at radius 3 is 2.35 bits per heavy atom. The van der Waals surface area contributed by atoms with Crippen molar-refractivity contribution in [3.63, 3.8) is 0 Å². The maximum Gasteiger partial charge on any atom is 0.228 e. The topological polar surface area (TPSA) is 41.6 Å². The Balaban J connectivity index is 1.57. The van der Waals surface area contributed by atoms with Crippen molar-refractivity contribution in [1.29, 1.82) is 0 Å². The minimum Gasteiger partial charge on any atom is -0.378 e. The molecular formula is C18H19ClN2O2. The molecule has 0 bridgehead atoms. The first-order valence-corrected chi connectivity index (χ1v) is 8.05. The summed E-state index contributed by atoms with van der Waals surface area (Å²) in [6.07, 6.45) is 0.336. The van der Waals surface area contributed by atoms with Gasteiger partial charge in [0.2, 0.25) is 5.91 Å². The number of carbonyl (C=O) groups is 1. The molecule has 1 N–H and O–H groups in total. The summed E-state index contributed by atoms with van der Waals surface area (Å²) in [5.41, 5.74) is 2.90. The number of nitrogens with one attached hydrogen (secondary N) is 1. The van der Waals surface area contributed by atoms with Crippen molar-refractivity contribution in [2.75, 3.05) is 36.5 Å². The monoisotopic (exact) mass is 330 g/mol. The molecule has 1 saturated heterocycles. The first-order valence-electron chi connectivity index (χ1n) is 7.68. The highest BCUT2D eigenvalue weighted by Gasteiger charge is 2.11. The number of anilines is 2. The first kappa shape index (κ1) is 15.8. The zero-order chi connectivity index (χ0) is 16.1. The third-order valence-electron chi connectivity index (χ3n) is 3.81. The Morgan fingerprint density at radius 2 is 1.70 bits per heavy atom. The molecule has 5 heteroatoms. The molecule has 0 spiro atoms. The lowest BCUT2D eigenvalue weighted by Crippen LogP contribution is -2.36. The first-order chi connectivity index (χ1) is 11.2. The molecule has 2 aromatic carbocycles. The smallest absolute Gasteiger partial charge is 0.228 e. The van der Waals surface area contributed by atoms with Crippen LogP contribution in [0.4, 0.5) is 11.4 Å². The molecule has 2 aromatic rings. The molecule has 1 aliphatic heterocycles. The van der Waals surface area contributed by atoms with Crippen LogP contribution in [0.3, 0.4) is 0 Å². The number of nitrogens with zero attached hydrogens (tertiary/aromatic N) is 1. The average Bonchev–Trinajstić information content (AvgIpc) is 2.58. The molecule has 0 unspecified atom stereocenters. The van der Waals surface area contributed by atoms with Gasteiger partial charge in [0.05, 0.1) is 19.6 Å². The predicted octanol–water partition coefficient (Wildman–Crippen LogP) is 3.36. The lowest BCUT2D eigenvalue weighted by Gasteiger charge is -2.28. The molecule has 23 heavy (non-hydrogen) atoms. The van der Waals surface area contributed by atoms with Crippen LogP contribution in [0.2, 0.25) is 5.02 Å². The molecule has 0 aromatic heterocycles. The highest BCUT2D eigenvalue weighted by atomic mass is 35.5. The number of hydrogen-bond acceptors (Lipinski definition) is 3. The van der Waals surface area contributed by atoms with Gasteiger partial charge in [-0.2, -0.15) is 0 Å². The molecule has 1 amide bonds. The molecule has 3 rings (SSSR count). The van der Waals surface area contributed by atoms with Crippen molar-refractivity contribution in [1.82, 2.24) is 0 Å². The van der Waals surface area contributed by atoms with Gasteiger partial charge in [0, 0.05) is 29.5 Å². The summed E-state index contributed by atoms with van der Waals surface area (Å²) in [6.45, 7) is 3.34. The van der Waals surface area contributed by atoms with E-state index >= 15 is 0 Å². The van der Waals surface area contributed by atoms with Gasteiger partial charge in [-0.3, -0.25) is 4.79 Å². The van der Waals surface area contributed by atoms with E-state index in [4.69, 9.17) is 16.3 Å². The molecule has 0 aliphatic carbocycles. The number of halogens is 1. The minimum absolute atomic E-state index is 0.0357. The van der Waals surface area contributed by atoms with E-state index < -0.39 is 0 Å². The number of benzene rings is 2. The van der Waals surface area contributed by atoms with Gasteiger partial charge in [-0.15, -0.1) is 0 Å². The van der Waals surface area contributed by atoms with Crippen LogP contribution in [0.15, 0.2) is 48.5 Å². The van der Waals surface area contributed by atoms with Gasteiger partial charge < -0.3 is 15.0 Å². The van der Waals surface area contributed by atoms with Crippen LogP contribution in [-0.4, -0.2) is 32.2 Å². The Morgan fingerprint density at radius 1 is 1.04 bits per heavy atom. The fourth-order valence-corrected chi connectivity index (χ4v) is 2.70. The maximum atomic E-state index is 12.1. The van der Waals surface area contributed by atoms with E-state index in [1.807, 2.05) is 36.4 Å². The van der Waals surface area contributed by atoms with Crippen molar-refractivity contribution >= 4 is 28.9 Å². The number of ether oxygens (including phenoxy) is 1. The number of amides is 1. The van der Waals surface area contributed by atoms with E-state index in [1.54, 1.807) is 12.1 Å². The molecular weight excluding hydrogens is 312 g/mol. The predicted molar refractivity (Wildman–Crippen MR) is 93.3 cm³/mol. The number of morpholine rings is 1. The van der Waals surface area contributed by atoms with Crippen LogP contribution in [0.25, 0.3) is 0 Å². The van der Waals surface area contributed by atoms with Crippen LogP contribution in [-0.2, 0) is 16.0 Å². The van der Waals surface area contributed by atoms with E-state index in [0.717, 1.165) is 43.2 Å². The summed E-state index contributed by atoms with van der Waals surface area (Å²) >= 11 is 5.84. The lowest BCUT2D eigenvalue weighted by atomic mass is 10.1. The van der Waals surface area contributed by atoms with Crippen molar-refractivity contribution in [2.24, 2.45) is 0 Å². The fourth-order valence-electron chi connectivity index (χ4n) is 2.57. The van der Waals surface area contributed by atoms with Crippen LogP contribution < -0.4 is 10.2 Å².